The minimum absolute atomic E-state index is 0.551. The Hall–Kier alpha value is -2.04. The quantitative estimate of drug-likeness (QED) is 0.437. The summed E-state index contributed by atoms with van der Waals surface area (Å²) in [6.07, 6.45) is 4.77. The van der Waals surface area contributed by atoms with Crippen LogP contribution in [0.2, 0.25) is 0 Å². The van der Waals surface area contributed by atoms with Gasteiger partial charge < -0.3 is 13.9 Å². The summed E-state index contributed by atoms with van der Waals surface area (Å²) in [4.78, 5) is 0. The molecule has 3 nitrogen and oxygen atoms in total. The van der Waals surface area contributed by atoms with Crippen LogP contribution in [-0.2, 0) is 4.43 Å². The van der Waals surface area contributed by atoms with Gasteiger partial charge in [-0.05, 0) is 24.6 Å². The van der Waals surface area contributed by atoms with Crippen molar-refractivity contribution in [1.29, 1.82) is 0 Å². The second-order valence-corrected chi connectivity index (χ2v) is 8.15. The monoisotopic (exact) mass is 330 g/mol. The fourth-order valence-electron chi connectivity index (χ4n) is 2.02. The number of ether oxygens (including phenoxy) is 2. The smallest absolute Gasteiger partial charge is 0.264 e. The molecule has 0 aliphatic rings. The zero-order chi connectivity index (χ0) is 17.1. The average molecular weight is 331 g/mol. The molecule has 0 unspecified atom stereocenters. The van der Waals surface area contributed by atoms with Crippen LogP contribution in [0.15, 0.2) is 61.1 Å². The molecule has 0 N–H and O–H groups in total. The second-order valence-electron chi connectivity index (χ2n) is 4.93. The van der Waals surface area contributed by atoms with Gasteiger partial charge in [-0.1, -0.05) is 35.3 Å². The van der Waals surface area contributed by atoms with E-state index in [1.165, 1.54) is 0 Å². The highest BCUT2D eigenvalue weighted by Gasteiger charge is 2.22. The van der Waals surface area contributed by atoms with Crippen LogP contribution >= 0.6 is 0 Å². The predicted molar refractivity (Wildman–Crippen MR) is 100 cm³/mol. The van der Waals surface area contributed by atoms with Crippen molar-refractivity contribution >= 4 is 14.4 Å². The van der Waals surface area contributed by atoms with E-state index in [1.54, 1.807) is 7.11 Å². The molecule has 0 saturated carbocycles. The molecule has 124 valence electrons. The van der Waals surface area contributed by atoms with Gasteiger partial charge in [0.2, 0.25) is 0 Å². The zero-order valence-corrected chi connectivity index (χ0v) is 15.1. The van der Waals surface area contributed by atoms with Gasteiger partial charge in [-0.15, -0.1) is 19.7 Å². The van der Waals surface area contributed by atoms with E-state index in [0.717, 1.165) is 23.5 Å². The Morgan fingerprint density at radius 2 is 1.74 bits per heavy atom. The molecule has 0 aliphatic carbocycles. The SMILES string of the molecule is C=C[Si](C=C)(C=C)OCCCOc1ccc(/C=C/C)cc1OC. The number of rotatable bonds is 11. The predicted octanol–water partition coefficient (Wildman–Crippen LogP) is 4.63. The Balaban J connectivity index is 2.51. The first-order valence-corrected chi connectivity index (χ1v) is 9.77. The van der Waals surface area contributed by atoms with Crippen molar-refractivity contribution in [3.05, 3.63) is 66.7 Å². The minimum Gasteiger partial charge on any atom is -0.493 e. The van der Waals surface area contributed by atoms with Crippen molar-refractivity contribution in [2.75, 3.05) is 20.3 Å². The Labute approximate surface area is 140 Å². The molecule has 23 heavy (non-hydrogen) atoms. The first-order valence-electron chi connectivity index (χ1n) is 7.63. The molecule has 0 atom stereocenters. The first kappa shape index (κ1) is 19.0. The molecule has 0 heterocycles. The summed E-state index contributed by atoms with van der Waals surface area (Å²) in [5, 5.41) is 0. The van der Waals surface area contributed by atoms with E-state index in [4.69, 9.17) is 13.9 Å². The number of benzene rings is 1. The van der Waals surface area contributed by atoms with Crippen LogP contribution in [-0.4, -0.2) is 28.6 Å². The number of allylic oxidation sites excluding steroid dienone is 1. The van der Waals surface area contributed by atoms with E-state index < -0.39 is 8.32 Å². The topological polar surface area (TPSA) is 27.7 Å². The van der Waals surface area contributed by atoms with Crippen molar-refractivity contribution in [2.45, 2.75) is 13.3 Å². The van der Waals surface area contributed by atoms with Gasteiger partial charge >= 0.3 is 0 Å². The molecule has 0 fully saturated rings. The molecule has 0 bridgehead atoms. The van der Waals surface area contributed by atoms with Crippen LogP contribution in [0.5, 0.6) is 11.5 Å². The Bertz CT molecular complexity index is 542. The number of hydrogen-bond acceptors (Lipinski definition) is 3. The van der Waals surface area contributed by atoms with Crippen LogP contribution < -0.4 is 9.47 Å². The summed E-state index contributed by atoms with van der Waals surface area (Å²) >= 11 is 0. The number of hydrogen-bond donors (Lipinski definition) is 0. The van der Waals surface area contributed by atoms with Gasteiger partial charge in [0.1, 0.15) is 0 Å². The van der Waals surface area contributed by atoms with Crippen molar-refractivity contribution in [3.8, 4) is 11.5 Å². The second kappa shape index (κ2) is 9.87. The lowest BCUT2D eigenvalue weighted by molar-refractivity contribution is 0.241. The summed E-state index contributed by atoms with van der Waals surface area (Å²) < 4.78 is 17.0. The van der Waals surface area contributed by atoms with Crippen LogP contribution in [0.1, 0.15) is 18.9 Å². The van der Waals surface area contributed by atoms with Gasteiger partial charge in [-0.3, -0.25) is 0 Å². The third-order valence-electron chi connectivity index (χ3n) is 3.40. The van der Waals surface area contributed by atoms with Crippen molar-refractivity contribution in [1.82, 2.24) is 0 Å². The normalized spacial score (nSPS) is 11.2. The third-order valence-corrected chi connectivity index (χ3v) is 6.02. The fraction of sp³-hybridized carbons (Fsp3) is 0.263. The molecule has 4 heteroatoms. The van der Waals surface area contributed by atoms with Crippen LogP contribution in [0.25, 0.3) is 6.08 Å². The number of methoxy groups -OCH3 is 1. The van der Waals surface area contributed by atoms with Crippen LogP contribution in [0.4, 0.5) is 0 Å². The van der Waals surface area contributed by atoms with E-state index in [9.17, 15) is 0 Å². The van der Waals surface area contributed by atoms with E-state index in [-0.39, 0.29) is 0 Å². The van der Waals surface area contributed by atoms with E-state index >= 15 is 0 Å². The Morgan fingerprint density at radius 1 is 1.04 bits per heavy atom. The first-order chi connectivity index (χ1) is 11.1. The highest BCUT2D eigenvalue weighted by molar-refractivity contribution is 6.87. The van der Waals surface area contributed by atoms with Gasteiger partial charge in [-0.2, -0.15) is 0 Å². The molecule has 0 aliphatic heterocycles. The molecule has 0 radical (unpaired) electrons. The average Bonchev–Trinajstić information content (AvgIpc) is 2.59. The van der Waals surface area contributed by atoms with E-state index in [2.05, 4.69) is 19.7 Å². The third kappa shape index (κ3) is 5.58. The van der Waals surface area contributed by atoms with Crippen molar-refractivity contribution in [3.63, 3.8) is 0 Å². The van der Waals surface area contributed by atoms with Crippen molar-refractivity contribution in [2.24, 2.45) is 0 Å². The summed E-state index contributed by atoms with van der Waals surface area (Å²) in [7, 11) is -0.535. The maximum atomic E-state index is 5.89. The molecule has 0 saturated heterocycles. The molecule has 0 aromatic heterocycles. The largest absolute Gasteiger partial charge is 0.493 e. The van der Waals surface area contributed by atoms with Gasteiger partial charge in [-0.25, -0.2) is 0 Å². The highest BCUT2D eigenvalue weighted by Crippen LogP contribution is 2.28. The molecule has 1 aromatic rings. The summed E-state index contributed by atoms with van der Waals surface area (Å²) in [6.45, 7) is 14.5. The minimum atomic E-state index is -2.18. The molecule has 1 aromatic carbocycles. The molecular weight excluding hydrogens is 304 g/mol. The Morgan fingerprint density at radius 3 is 2.30 bits per heavy atom. The molecular formula is C19H26O3Si. The molecule has 1 rings (SSSR count). The molecule has 0 amide bonds. The lowest BCUT2D eigenvalue weighted by atomic mass is 10.2. The zero-order valence-electron chi connectivity index (χ0n) is 14.1. The van der Waals surface area contributed by atoms with Crippen LogP contribution in [0, 0.1) is 0 Å². The molecule has 0 spiro atoms. The maximum Gasteiger partial charge on any atom is 0.264 e. The van der Waals surface area contributed by atoms with E-state index in [1.807, 2.05) is 54.4 Å². The maximum absolute atomic E-state index is 5.89. The standard InChI is InChI=1S/C19H26O3Si/c1-6-11-17-12-13-18(19(16-17)20-5)21-14-10-15-22-23(7-2,8-3)9-4/h6-9,11-13,16H,2-4,10,14-15H2,1,5H3/b11-6+. The van der Waals surface area contributed by atoms with Gasteiger partial charge in [0, 0.05) is 13.0 Å². The van der Waals surface area contributed by atoms with Crippen LogP contribution in [0.3, 0.4) is 0 Å². The van der Waals surface area contributed by atoms with Crippen molar-refractivity contribution < 1.29 is 13.9 Å². The lowest BCUT2D eigenvalue weighted by Gasteiger charge is -2.20. The summed E-state index contributed by atoms with van der Waals surface area (Å²) in [6, 6.07) is 5.88. The lowest BCUT2D eigenvalue weighted by Crippen LogP contribution is -2.32. The van der Waals surface area contributed by atoms with Gasteiger partial charge in [0.15, 0.2) is 11.5 Å². The summed E-state index contributed by atoms with van der Waals surface area (Å²) in [5.74, 6) is 1.47. The summed E-state index contributed by atoms with van der Waals surface area (Å²) in [5.41, 5.74) is 6.53. The Kier molecular flexibility index (Phi) is 8.15. The highest BCUT2D eigenvalue weighted by atomic mass is 28.4. The van der Waals surface area contributed by atoms with E-state index in [0.29, 0.717) is 13.2 Å². The van der Waals surface area contributed by atoms with Gasteiger partial charge in [0.05, 0.1) is 13.7 Å². The van der Waals surface area contributed by atoms with Gasteiger partial charge in [0.25, 0.3) is 8.32 Å². The fourth-order valence-corrected chi connectivity index (χ4v) is 3.37.